The summed E-state index contributed by atoms with van der Waals surface area (Å²) in [6, 6.07) is 0. The lowest BCUT2D eigenvalue weighted by atomic mass is 10.3. The van der Waals surface area contributed by atoms with Crippen LogP contribution in [0.5, 0.6) is 0 Å². The lowest BCUT2D eigenvalue weighted by Crippen LogP contribution is -2.30. The fourth-order valence-electron chi connectivity index (χ4n) is 1.47. The van der Waals surface area contributed by atoms with Crippen LogP contribution in [0.4, 0.5) is 0 Å². The van der Waals surface area contributed by atoms with Crippen LogP contribution in [-0.4, -0.2) is 32.9 Å². The van der Waals surface area contributed by atoms with E-state index in [2.05, 4.69) is 10.3 Å². The first-order valence-corrected chi connectivity index (χ1v) is 5.85. The zero-order chi connectivity index (χ0) is 12.4. The van der Waals surface area contributed by atoms with Crippen LogP contribution < -0.4 is 5.32 Å². The molecule has 2 N–H and O–H groups in total. The van der Waals surface area contributed by atoms with Crippen molar-refractivity contribution in [2.75, 3.05) is 6.54 Å². The van der Waals surface area contributed by atoms with Crippen molar-refractivity contribution in [1.82, 2.24) is 14.7 Å². The average molecular weight is 253 g/mol. The van der Waals surface area contributed by atoms with Crippen LogP contribution >= 0.6 is 11.3 Å². The van der Waals surface area contributed by atoms with E-state index in [1.54, 1.807) is 0 Å². The van der Waals surface area contributed by atoms with E-state index in [1.807, 2.05) is 22.9 Å². The van der Waals surface area contributed by atoms with Gasteiger partial charge in [0.25, 0.3) is 0 Å². The monoisotopic (exact) mass is 253 g/mol. The maximum absolute atomic E-state index is 11.5. The molecule has 17 heavy (non-hydrogen) atoms. The second-order valence-corrected chi connectivity index (χ2v) is 4.45. The number of aromatic nitrogens is 2. The predicted octanol–water partition coefficient (Wildman–Crippen LogP) is 0.448. The molecule has 90 valence electrons. The maximum Gasteiger partial charge on any atom is 0.322 e. The Morgan fingerprint density at radius 3 is 3.06 bits per heavy atom. The minimum absolute atomic E-state index is 0.156. The van der Waals surface area contributed by atoms with E-state index in [9.17, 15) is 9.59 Å². The molecule has 0 saturated carbocycles. The first-order chi connectivity index (χ1) is 8.06. The summed E-state index contributed by atoms with van der Waals surface area (Å²) >= 11 is 1.46. The van der Waals surface area contributed by atoms with Gasteiger partial charge in [-0.05, 0) is 6.92 Å². The number of hydrogen-bond donors (Lipinski definition) is 2. The molecule has 0 aliphatic rings. The quantitative estimate of drug-likeness (QED) is 0.828. The highest BCUT2D eigenvalue weighted by molar-refractivity contribution is 7.15. The number of carbonyl (C=O) groups excluding carboxylic acids is 1. The molecule has 0 spiro atoms. The van der Waals surface area contributed by atoms with Crippen LogP contribution in [0.2, 0.25) is 0 Å². The van der Waals surface area contributed by atoms with Crippen molar-refractivity contribution in [2.45, 2.75) is 13.3 Å². The normalized spacial score (nSPS) is 10.6. The highest BCUT2D eigenvalue weighted by Crippen LogP contribution is 2.16. The molecule has 0 bridgehead atoms. The fourth-order valence-corrected chi connectivity index (χ4v) is 2.39. The summed E-state index contributed by atoms with van der Waals surface area (Å²) in [6.45, 7) is 1.53. The van der Waals surface area contributed by atoms with Gasteiger partial charge in [-0.2, -0.15) is 0 Å². The molecular weight excluding hydrogens is 242 g/mol. The number of amides is 1. The third-order valence-corrected chi connectivity index (χ3v) is 3.07. The number of aliphatic carboxylic acids is 1. The number of carbonyl (C=O) groups is 2. The average Bonchev–Trinajstić information content (AvgIpc) is 2.76. The number of nitrogens with one attached hydrogen (secondary N) is 1. The van der Waals surface area contributed by atoms with Crippen molar-refractivity contribution in [3.8, 4) is 0 Å². The van der Waals surface area contributed by atoms with Crippen molar-refractivity contribution in [1.29, 1.82) is 0 Å². The maximum atomic E-state index is 11.5. The second kappa shape index (κ2) is 4.54. The summed E-state index contributed by atoms with van der Waals surface area (Å²) in [5.41, 5.74) is 1.71. The summed E-state index contributed by atoms with van der Waals surface area (Å²) in [5.74, 6) is -1.36. The van der Waals surface area contributed by atoms with Crippen molar-refractivity contribution in [2.24, 2.45) is 0 Å². The van der Waals surface area contributed by atoms with Gasteiger partial charge < -0.3 is 10.4 Å². The zero-order valence-electron chi connectivity index (χ0n) is 9.14. The molecule has 6 nitrogen and oxygen atoms in total. The predicted molar refractivity (Wildman–Crippen MR) is 62.2 cm³/mol. The van der Waals surface area contributed by atoms with Gasteiger partial charge in [0.2, 0.25) is 5.91 Å². The van der Waals surface area contributed by atoms with Crippen molar-refractivity contribution < 1.29 is 14.7 Å². The van der Waals surface area contributed by atoms with E-state index >= 15 is 0 Å². The molecule has 2 heterocycles. The SMILES string of the molecule is Cc1cn2c(CC(=O)NCC(=O)O)csc2n1. The molecule has 0 saturated heterocycles. The highest BCUT2D eigenvalue weighted by Gasteiger charge is 2.10. The highest BCUT2D eigenvalue weighted by atomic mass is 32.1. The van der Waals surface area contributed by atoms with Crippen LogP contribution in [0.3, 0.4) is 0 Å². The van der Waals surface area contributed by atoms with Crippen molar-refractivity contribution in [3.05, 3.63) is 23.0 Å². The second-order valence-electron chi connectivity index (χ2n) is 3.61. The molecule has 2 aromatic heterocycles. The Bertz CT molecular complexity index is 572. The molecular formula is C10H11N3O3S. The molecule has 0 aromatic carbocycles. The largest absolute Gasteiger partial charge is 0.480 e. The van der Waals surface area contributed by atoms with Gasteiger partial charge in [0.1, 0.15) is 6.54 Å². The molecule has 2 aromatic rings. The van der Waals surface area contributed by atoms with Gasteiger partial charge >= 0.3 is 5.97 Å². The van der Waals surface area contributed by atoms with Crippen LogP contribution in [0.15, 0.2) is 11.6 Å². The van der Waals surface area contributed by atoms with Crippen LogP contribution in [0.1, 0.15) is 11.4 Å². The Morgan fingerprint density at radius 1 is 1.59 bits per heavy atom. The van der Waals surface area contributed by atoms with Gasteiger partial charge in [0.05, 0.1) is 12.1 Å². The molecule has 0 unspecified atom stereocenters. The number of imidazole rings is 1. The number of carboxylic acids is 1. The van der Waals surface area contributed by atoms with Crippen molar-refractivity contribution >= 4 is 28.2 Å². The van der Waals surface area contributed by atoms with E-state index in [1.165, 1.54) is 11.3 Å². The van der Waals surface area contributed by atoms with Gasteiger partial charge in [-0.15, -0.1) is 11.3 Å². The Labute approximate surface area is 101 Å². The number of aryl methyl sites for hydroxylation is 1. The molecule has 7 heteroatoms. The number of nitrogens with zero attached hydrogens (tertiary/aromatic N) is 2. The fraction of sp³-hybridized carbons (Fsp3) is 0.300. The summed E-state index contributed by atoms with van der Waals surface area (Å²) in [6.07, 6.45) is 2.01. The lowest BCUT2D eigenvalue weighted by Gasteiger charge is -2.01. The van der Waals surface area contributed by atoms with Gasteiger partial charge in [-0.25, -0.2) is 4.98 Å². The molecule has 1 amide bonds. The van der Waals surface area contributed by atoms with Gasteiger partial charge in [-0.1, -0.05) is 0 Å². The third kappa shape index (κ3) is 2.62. The van der Waals surface area contributed by atoms with E-state index < -0.39 is 5.97 Å². The summed E-state index contributed by atoms with van der Waals surface area (Å²) in [5, 5.41) is 12.6. The van der Waals surface area contributed by atoms with E-state index in [4.69, 9.17) is 5.11 Å². The first kappa shape index (κ1) is 11.6. The Hall–Kier alpha value is -1.89. The van der Waals surface area contributed by atoms with Crippen LogP contribution in [-0.2, 0) is 16.0 Å². The smallest absolute Gasteiger partial charge is 0.322 e. The molecule has 2 rings (SSSR count). The molecule has 0 aliphatic carbocycles. The van der Waals surface area contributed by atoms with Gasteiger partial charge in [0.15, 0.2) is 4.96 Å². The first-order valence-electron chi connectivity index (χ1n) is 4.97. The molecule has 0 fully saturated rings. The number of hydrogen-bond acceptors (Lipinski definition) is 4. The topological polar surface area (TPSA) is 83.7 Å². The van der Waals surface area contributed by atoms with E-state index in [0.29, 0.717) is 0 Å². The van der Waals surface area contributed by atoms with Gasteiger partial charge in [0, 0.05) is 17.3 Å². The number of fused-ring (bicyclic) bond motifs is 1. The lowest BCUT2D eigenvalue weighted by molar-refractivity contribution is -0.137. The minimum Gasteiger partial charge on any atom is -0.480 e. The molecule has 0 radical (unpaired) electrons. The molecule has 0 aliphatic heterocycles. The number of thiazole rings is 1. The molecule has 0 atom stereocenters. The van der Waals surface area contributed by atoms with Crippen LogP contribution in [0, 0.1) is 6.92 Å². The Kier molecular flexibility index (Phi) is 3.10. The third-order valence-electron chi connectivity index (χ3n) is 2.18. The standard InChI is InChI=1S/C10H11N3O3S/c1-6-4-13-7(5-17-10(13)12-6)2-8(14)11-3-9(15)16/h4-5H,2-3H2,1H3,(H,11,14)(H,15,16). The Morgan fingerprint density at radius 2 is 2.35 bits per heavy atom. The number of carboxylic acid groups (broad SMARTS) is 1. The summed E-state index contributed by atoms with van der Waals surface area (Å²) in [4.78, 5) is 26.9. The zero-order valence-corrected chi connectivity index (χ0v) is 9.95. The summed E-state index contributed by atoms with van der Waals surface area (Å²) < 4.78 is 1.85. The van der Waals surface area contributed by atoms with Crippen LogP contribution in [0.25, 0.3) is 4.96 Å². The minimum atomic E-state index is -1.05. The van der Waals surface area contributed by atoms with E-state index in [-0.39, 0.29) is 18.9 Å². The summed E-state index contributed by atoms with van der Waals surface area (Å²) in [7, 11) is 0. The number of rotatable bonds is 4. The Balaban J connectivity index is 2.07. The van der Waals surface area contributed by atoms with E-state index in [0.717, 1.165) is 16.3 Å². The van der Waals surface area contributed by atoms with Crippen molar-refractivity contribution in [3.63, 3.8) is 0 Å². The van der Waals surface area contributed by atoms with Gasteiger partial charge in [-0.3, -0.25) is 14.0 Å².